The second-order valence-corrected chi connectivity index (χ2v) is 9.59. The number of alkyl halides is 3. The van der Waals surface area contributed by atoms with Gasteiger partial charge in [0.25, 0.3) is 5.91 Å². The number of carbonyl (C=O) groups excluding carboxylic acids is 1. The van der Waals surface area contributed by atoms with Crippen LogP contribution in [0, 0.1) is 0 Å². The van der Waals surface area contributed by atoms with E-state index in [2.05, 4.69) is 9.88 Å². The third-order valence-electron chi connectivity index (χ3n) is 6.39. The third-order valence-corrected chi connectivity index (χ3v) is 6.39. The minimum absolute atomic E-state index is 0.174. The van der Waals surface area contributed by atoms with Gasteiger partial charge in [-0.3, -0.25) is 9.69 Å². The van der Waals surface area contributed by atoms with Crippen molar-refractivity contribution in [3.05, 3.63) is 47.5 Å². The number of likely N-dealkylation sites (N-methyl/N-ethyl adjacent to an activating group) is 1. The highest BCUT2D eigenvalue weighted by Gasteiger charge is 2.47. The van der Waals surface area contributed by atoms with E-state index in [9.17, 15) is 18.0 Å². The molecule has 4 heterocycles. The predicted octanol–water partition coefficient (Wildman–Crippen LogP) is 4.16. The average Bonchev–Trinajstić information content (AvgIpc) is 3.16. The van der Waals surface area contributed by atoms with Gasteiger partial charge < -0.3 is 14.2 Å². The van der Waals surface area contributed by atoms with Crippen LogP contribution in [0.25, 0.3) is 0 Å². The molecule has 0 atom stereocenters. The molecule has 0 bridgehead atoms. The molecule has 2 aromatic rings. The summed E-state index contributed by atoms with van der Waals surface area (Å²) in [5, 5.41) is 0. The molecule has 1 saturated heterocycles. The maximum absolute atomic E-state index is 13.4. The minimum atomic E-state index is -4.37. The van der Waals surface area contributed by atoms with Gasteiger partial charge in [0.1, 0.15) is 22.7 Å². The normalized spacial score (nSPS) is 19.2. The number of hydrogen-bond donors (Lipinski definition) is 0. The van der Waals surface area contributed by atoms with Crippen molar-refractivity contribution < 1.29 is 22.7 Å². The number of fused-ring (bicyclic) bond motifs is 2. The van der Waals surface area contributed by atoms with Gasteiger partial charge in [-0.25, -0.2) is 4.98 Å². The SMILES string of the molecule is CN1CCn2c(C(F)(F)F)ccc2C12CCN(C(=O)c1ccc(OC(C)(C)C)cn1)CC2. The summed E-state index contributed by atoms with van der Waals surface area (Å²) in [5.41, 5.74) is -0.435. The van der Waals surface area contributed by atoms with Crippen molar-refractivity contribution in [2.75, 3.05) is 26.7 Å². The molecule has 1 fully saturated rings. The number of nitrogens with zero attached hydrogens (tertiary/aromatic N) is 4. The quantitative estimate of drug-likeness (QED) is 0.690. The third kappa shape index (κ3) is 4.10. The Balaban J connectivity index is 1.50. The molecule has 6 nitrogen and oxygen atoms in total. The van der Waals surface area contributed by atoms with Crippen molar-refractivity contribution >= 4 is 5.91 Å². The molecule has 9 heteroatoms. The Morgan fingerprint density at radius 2 is 1.72 bits per heavy atom. The van der Waals surface area contributed by atoms with Crippen LogP contribution in [0.5, 0.6) is 5.75 Å². The van der Waals surface area contributed by atoms with Crippen molar-refractivity contribution in [2.45, 2.75) is 57.5 Å². The number of likely N-dealkylation sites (tertiary alicyclic amines) is 1. The summed E-state index contributed by atoms with van der Waals surface area (Å²) in [4.78, 5) is 21.1. The molecule has 0 radical (unpaired) electrons. The number of ether oxygens (including phenoxy) is 1. The Hall–Kier alpha value is -2.55. The average molecular weight is 451 g/mol. The fourth-order valence-corrected chi connectivity index (χ4v) is 4.82. The highest BCUT2D eigenvalue weighted by atomic mass is 19.4. The Morgan fingerprint density at radius 1 is 1.03 bits per heavy atom. The maximum Gasteiger partial charge on any atom is 0.431 e. The Kier molecular flexibility index (Phi) is 5.51. The van der Waals surface area contributed by atoms with E-state index in [-0.39, 0.29) is 11.5 Å². The Bertz CT molecular complexity index is 984. The fraction of sp³-hybridized carbons (Fsp3) is 0.565. The fourth-order valence-electron chi connectivity index (χ4n) is 4.82. The maximum atomic E-state index is 13.4. The predicted molar refractivity (Wildman–Crippen MR) is 113 cm³/mol. The first-order valence-corrected chi connectivity index (χ1v) is 10.8. The van der Waals surface area contributed by atoms with Gasteiger partial charge in [0.2, 0.25) is 0 Å². The lowest BCUT2D eigenvalue weighted by atomic mass is 9.81. The molecule has 2 aliphatic heterocycles. The highest BCUT2D eigenvalue weighted by Crippen LogP contribution is 2.44. The lowest BCUT2D eigenvalue weighted by Gasteiger charge is -2.50. The number of aromatic nitrogens is 2. The molecule has 0 unspecified atom stereocenters. The van der Waals surface area contributed by atoms with E-state index in [1.54, 1.807) is 29.3 Å². The highest BCUT2D eigenvalue weighted by molar-refractivity contribution is 5.92. The zero-order chi connectivity index (χ0) is 23.3. The van der Waals surface area contributed by atoms with Crippen LogP contribution in [0.1, 0.15) is 55.5 Å². The number of amides is 1. The van der Waals surface area contributed by atoms with Gasteiger partial charge in [0.05, 0.1) is 11.7 Å². The van der Waals surface area contributed by atoms with E-state index in [0.717, 1.165) is 0 Å². The summed E-state index contributed by atoms with van der Waals surface area (Å²) in [6.07, 6.45) is -1.69. The lowest BCUT2D eigenvalue weighted by molar-refractivity contribution is -0.144. The first kappa shape index (κ1) is 22.6. The zero-order valence-corrected chi connectivity index (χ0v) is 18.9. The number of piperidine rings is 1. The first-order chi connectivity index (χ1) is 14.9. The van der Waals surface area contributed by atoms with Crippen molar-refractivity contribution in [1.29, 1.82) is 0 Å². The molecule has 1 amide bonds. The number of rotatable bonds is 2. The van der Waals surface area contributed by atoms with Crippen LogP contribution in [0.4, 0.5) is 13.2 Å². The van der Waals surface area contributed by atoms with Crippen LogP contribution in [0.3, 0.4) is 0 Å². The van der Waals surface area contributed by atoms with Crippen LogP contribution >= 0.6 is 0 Å². The summed E-state index contributed by atoms with van der Waals surface area (Å²) < 4.78 is 47.5. The van der Waals surface area contributed by atoms with Gasteiger partial charge in [-0.1, -0.05) is 0 Å². The number of hydrogen-bond acceptors (Lipinski definition) is 4. The number of pyridine rings is 1. The monoisotopic (exact) mass is 450 g/mol. The first-order valence-electron chi connectivity index (χ1n) is 10.8. The van der Waals surface area contributed by atoms with Crippen LogP contribution in [-0.2, 0) is 18.3 Å². The molecule has 1 spiro atoms. The number of halogens is 3. The smallest absolute Gasteiger partial charge is 0.431 e. The molecule has 0 N–H and O–H groups in total. The molecule has 32 heavy (non-hydrogen) atoms. The standard InChI is InChI=1S/C23H29F3N4O2/c1-21(2,3)32-16-5-6-17(27-15-16)20(31)29-11-9-22(10-12-29)18-7-8-19(23(24,25)26)30(18)14-13-28(22)4/h5-8,15H,9-14H2,1-4H3. The zero-order valence-electron chi connectivity index (χ0n) is 18.9. The Labute approximate surface area is 186 Å². The van der Waals surface area contributed by atoms with Crippen LogP contribution in [0.15, 0.2) is 30.5 Å². The van der Waals surface area contributed by atoms with Crippen molar-refractivity contribution in [2.24, 2.45) is 0 Å². The van der Waals surface area contributed by atoms with Crippen molar-refractivity contribution in [3.8, 4) is 5.75 Å². The van der Waals surface area contributed by atoms with Crippen LogP contribution in [-0.4, -0.2) is 57.5 Å². The van der Waals surface area contributed by atoms with E-state index in [4.69, 9.17) is 4.74 Å². The summed E-state index contributed by atoms with van der Waals surface area (Å²) >= 11 is 0. The molecular formula is C23H29F3N4O2. The molecule has 0 aromatic carbocycles. The second-order valence-electron chi connectivity index (χ2n) is 9.59. The van der Waals surface area contributed by atoms with Gasteiger partial charge >= 0.3 is 6.18 Å². The summed E-state index contributed by atoms with van der Waals surface area (Å²) in [5.74, 6) is 0.420. The molecule has 4 rings (SSSR count). The largest absolute Gasteiger partial charge is 0.487 e. The summed E-state index contributed by atoms with van der Waals surface area (Å²) in [6, 6.07) is 6.17. The topological polar surface area (TPSA) is 50.6 Å². The second kappa shape index (κ2) is 7.79. The number of carbonyl (C=O) groups is 1. The molecule has 174 valence electrons. The van der Waals surface area contributed by atoms with Crippen LogP contribution < -0.4 is 4.74 Å². The van der Waals surface area contributed by atoms with Gasteiger partial charge in [-0.05, 0) is 64.9 Å². The van der Waals surface area contributed by atoms with Gasteiger partial charge in [0.15, 0.2) is 0 Å². The van der Waals surface area contributed by atoms with E-state index < -0.39 is 17.4 Å². The molecule has 2 aromatic heterocycles. The molecule has 2 aliphatic rings. The summed E-state index contributed by atoms with van der Waals surface area (Å²) in [7, 11) is 1.96. The Morgan fingerprint density at radius 3 is 2.28 bits per heavy atom. The van der Waals surface area contributed by atoms with E-state index in [1.165, 1.54) is 10.6 Å². The lowest BCUT2D eigenvalue weighted by Crippen LogP contribution is -2.56. The van der Waals surface area contributed by atoms with Gasteiger partial charge in [-0.15, -0.1) is 0 Å². The van der Waals surface area contributed by atoms with Gasteiger partial charge in [-0.2, -0.15) is 13.2 Å². The summed E-state index contributed by atoms with van der Waals surface area (Å²) in [6.45, 7) is 7.57. The molecular weight excluding hydrogens is 421 g/mol. The molecule has 0 saturated carbocycles. The molecule has 0 aliphatic carbocycles. The van der Waals surface area contributed by atoms with E-state index in [1.807, 2.05) is 27.8 Å². The minimum Gasteiger partial charge on any atom is -0.487 e. The van der Waals surface area contributed by atoms with E-state index in [0.29, 0.717) is 56.2 Å². The van der Waals surface area contributed by atoms with Crippen molar-refractivity contribution in [1.82, 2.24) is 19.4 Å². The van der Waals surface area contributed by atoms with Gasteiger partial charge in [0, 0.05) is 31.9 Å². The van der Waals surface area contributed by atoms with E-state index >= 15 is 0 Å². The van der Waals surface area contributed by atoms with Crippen LogP contribution in [0.2, 0.25) is 0 Å². The van der Waals surface area contributed by atoms with Crippen molar-refractivity contribution in [3.63, 3.8) is 0 Å².